The number of hydrogen-bond donors (Lipinski definition) is 1. The molecular weight excluding hydrogens is 357 g/mol. The molecule has 4 nitrogen and oxygen atoms in total. The number of rotatable bonds is 4. The first kappa shape index (κ1) is 18.7. The maximum absolute atomic E-state index is 12.6. The van der Waals surface area contributed by atoms with E-state index in [0.717, 1.165) is 6.07 Å². The van der Waals surface area contributed by atoms with Crippen molar-refractivity contribution < 1.29 is 26.7 Å². The zero-order valence-electron chi connectivity index (χ0n) is 12.4. The average molecular weight is 372 g/mol. The Morgan fingerprint density at radius 2 is 2.17 bits per heavy atom. The van der Waals surface area contributed by atoms with E-state index < -0.39 is 36.5 Å². The lowest BCUT2D eigenvalue weighted by Gasteiger charge is -2.33. The number of aromatic nitrogens is 1. The summed E-state index contributed by atoms with van der Waals surface area (Å²) in [5.74, 6) is -0.906. The highest BCUT2D eigenvalue weighted by molar-refractivity contribution is 6.33. The topological polar surface area (TPSA) is 45.2 Å². The fraction of sp³-hybridized carbons (Fsp3) is 0.571. The van der Waals surface area contributed by atoms with Gasteiger partial charge >= 0.3 is 6.18 Å². The second-order valence-electron chi connectivity index (χ2n) is 5.45. The molecule has 0 aromatic carbocycles. The summed E-state index contributed by atoms with van der Waals surface area (Å²) in [6.45, 7) is -0.0987. The first-order valence-corrected chi connectivity index (χ1v) is 7.60. The van der Waals surface area contributed by atoms with Gasteiger partial charge < -0.3 is 10.2 Å². The molecule has 24 heavy (non-hydrogen) atoms. The summed E-state index contributed by atoms with van der Waals surface area (Å²) < 4.78 is 62.2. The van der Waals surface area contributed by atoms with E-state index in [1.54, 1.807) is 4.90 Å². The van der Waals surface area contributed by atoms with Crippen molar-refractivity contribution in [3.63, 3.8) is 0 Å². The van der Waals surface area contributed by atoms with E-state index in [1.807, 2.05) is 0 Å². The van der Waals surface area contributed by atoms with Gasteiger partial charge in [-0.15, -0.1) is 0 Å². The quantitative estimate of drug-likeness (QED) is 0.826. The lowest BCUT2D eigenvalue weighted by Crippen LogP contribution is -2.44. The van der Waals surface area contributed by atoms with Crippen LogP contribution in [-0.2, 0) is 11.0 Å². The van der Waals surface area contributed by atoms with Gasteiger partial charge in [0.05, 0.1) is 23.0 Å². The minimum Gasteiger partial charge on any atom is -0.355 e. The second-order valence-corrected chi connectivity index (χ2v) is 5.86. The molecule has 1 aromatic rings. The molecule has 1 aliphatic rings. The Balaban J connectivity index is 2.08. The van der Waals surface area contributed by atoms with Gasteiger partial charge in [-0.05, 0) is 18.9 Å². The number of amides is 1. The highest BCUT2D eigenvalue weighted by Gasteiger charge is 2.33. The monoisotopic (exact) mass is 371 g/mol. The fourth-order valence-corrected chi connectivity index (χ4v) is 2.81. The number of pyridine rings is 1. The molecular formula is C14H15ClF5N3O. The summed E-state index contributed by atoms with van der Waals surface area (Å²) in [5, 5.41) is 1.98. The highest BCUT2D eigenvalue weighted by Crippen LogP contribution is 2.34. The maximum atomic E-state index is 12.6. The van der Waals surface area contributed by atoms with Gasteiger partial charge in [-0.2, -0.15) is 13.2 Å². The Morgan fingerprint density at radius 3 is 2.75 bits per heavy atom. The van der Waals surface area contributed by atoms with Crippen LogP contribution in [0.15, 0.2) is 12.3 Å². The molecule has 1 atom stereocenters. The van der Waals surface area contributed by atoms with E-state index in [9.17, 15) is 26.7 Å². The van der Waals surface area contributed by atoms with Crippen molar-refractivity contribution in [1.29, 1.82) is 0 Å². The van der Waals surface area contributed by atoms with Gasteiger partial charge in [-0.1, -0.05) is 11.6 Å². The Hall–Kier alpha value is -1.64. The van der Waals surface area contributed by atoms with Crippen LogP contribution in [0, 0.1) is 5.92 Å². The lowest BCUT2D eigenvalue weighted by atomic mass is 9.97. The largest absolute Gasteiger partial charge is 0.417 e. The van der Waals surface area contributed by atoms with Crippen molar-refractivity contribution >= 4 is 23.3 Å². The average Bonchev–Trinajstić information content (AvgIpc) is 2.51. The minimum atomic E-state index is -4.55. The van der Waals surface area contributed by atoms with Gasteiger partial charge in [0.2, 0.25) is 5.91 Å². The van der Waals surface area contributed by atoms with E-state index in [-0.39, 0.29) is 17.4 Å². The fourth-order valence-electron chi connectivity index (χ4n) is 2.52. The van der Waals surface area contributed by atoms with Crippen LogP contribution in [-0.4, -0.2) is 37.0 Å². The van der Waals surface area contributed by atoms with E-state index >= 15 is 0 Å². The Labute approximate surface area is 140 Å². The molecule has 1 aliphatic heterocycles. The third-order valence-corrected chi connectivity index (χ3v) is 3.95. The van der Waals surface area contributed by atoms with Crippen molar-refractivity contribution in [3.8, 4) is 0 Å². The minimum absolute atomic E-state index is 0.149. The van der Waals surface area contributed by atoms with Crippen LogP contribution in [0.25, 0.3) is 0 Å². The van der Waals surface area contributed by atoms with E-state index in [4.69, 9.17) is 11.6 Å². The number of alkyl halides is 5. The molecule has 10 heteroatoms. The molecule has 2 heterocycles. The molecule has 1 fully saturated rings. The summed E-state index contributed by atoms with van der Waals surface area (Å²) in [6.07, 6.45) is -5.42. The van der Waals surface area contributed by atoms with Gasteiger partial charge in [-0.25, -0.2) is 13.8 Å². The molecule has 1 unspecified atom stereocenters. The number of nitrogens with one attached hydrogen (secondary N) is 1. The zero-order valence-corrected chi connectivity index (χ0v) is 13.2. The van der Waals surface area contributed by atoms with Crippen LogP contribution >= 0.6 is 11.6 Å². The summed E-state index contributed by atoms with van der Waals surface area (Å²) in [7, 11) is 0. The summed E-state index contributed by atoms with van der Waals surface area (Å²) in [4.78, 5) is 17.2. The second kappa shape index (κ2) is 7.50. The Bertz CT molecular complexity index is 596. The van der Waals surface area contributed by atoms with Crippen LogP contribution in [0.1, 0.15) is 18.4 Å². The molecule has 0 bridgehead atoms. The molecule has 1 N–H and O–H groups in total. The van der Waals surface area contributed by atoms with Gasteiger partial charge in [0.1, 0.15) is 5.82 Å². The van der Waals surface area contributed by atoms with E-state index in [2.05, 4.69) is 10.3 Å². The predicted molar refractivity (Wildman–Crippen MR) is 78.2 cm³/mol. The van der Waals surface area contributed by atoms with Crippen LogP contribution in [0.2, 0.25) is 5.02 Å². The van der Waals surface area contributed by atoms with Crippen molar-refractivity contribution in [2.24, 2.45) is 5.92 Å². The van der Waals surface area contributed by atoms with Gasteiger partial charge in [0.25, 0.3) is 6.43 Å². The number of nitrogens with zero attached hydrogens (tertiary/aromatic N) is 2. The lowest BCUT2D eigenvalue weighted by molar-refractivity contribution is -0.137. The predicted octanol–water partition coefficient (Wildman–Crippen LogP) is 3.35. The van der Waals surface area contributed by atoms with Crippen molar-refractivity contribution in [1.82, 2.24) is 10.3 Å². The standard InChI is InChI=1S/C14H15ClF5N3O/c15-10-4-9(14(18,19)20)5-21-12(10)23-3-1-2-8(7-23)13(24)22-6-11(16)17/h4-5,8,11H,1-3,6-7H2,(H,22,24). The Kier molecular flexibility index (Phi) is 5.84. The molecule has 2 rings (SSSR count). The molecule has 0 spiro atoms. The molecule has 0 aliphatic carbocycles. The number of piperidine rings is 1. The van der Waals surface area contributed by atoms with Crippen molar-refractivity contribution in [3.05, 3.63) is 22.8 Å². The van der Waals surface area contributed by atoms with Crippen LogP contribution < -0.4 is 10.2 Å². The third kappa shape index (κ3) is 4.68. The van der Waals surface area contributed by atoms with Crippen molar-refractivity contribution in [2.75, 3.05) is 24.5 Å². The number of hydrogen-bond acceptors (Lipinski definition) is 3. The number of halogens is 6. The summed E-state index contributed by atoms with van der Waals surface area (Å²) in [5.41, 5.74) is -0.959. The van der Waals surface area contributed by atoms with Gasteiger partial charge in [-0.3, -0.25) is 4.79 Å². The maximum Gasteiger partial charge on any atom is 0.417 e. The molecule has 0 saturated carbocycles. The van der Waals surface area contributed by atoms with Gasteiger partial charge in [0.15, 0.2) is 0 Å². The van der Waals surface area contributed by atoms with Gasteiger partial charge in [0, 0.05) is 19.3 Å². The van der Waals surface area contributed by atoms with E-state index in [0.29, 0.717) is 25.6 Å². The smallest absolute Gasteiger partial charge is 0.355 e. The van der Waals surface area contributed by atoms with E-state index in [1.165, 1.54) is 0 Å². The molecule has 1 saturated heterocycles. The van der Waals surface area contributed by atoms with Crippen LogP contribution in [0.3, 0.4) is 0 Å². The number of carbonyl (C=O) groups is 1. The normalized spacial score (nSPS) is 18.8. The third-order valence-electron chi connectivity index (χ3n) is 3.67. The highest BCUT2D eigenvalue weighted by atomic mass is 35.5. The molecule has 134 valence electrons. The van der Waals surface area contributed by atoms with Crippen LogP contribution in [0.4, 0.5) is 27.8 Å². The van der Waals surface area contributed by atoms with Crippen molar-refractivity contribution in [2.45, 2.75) is 25.4 Å². The first-order valence-electron chi connectivity index (χ1n) is 7.22. The molecule has 1 aromatic heterocycles. The SMILES string of the molecule is O=C(NCC(F)F)C1CCCN(c2ncc(C(F)(F)F)cc2Cl)C1. The Morgan fingerprint density at radius 1 is 1.46 bits per heavy atom. The van der Waals surface area contributed by atoms with Crippen LogP contribution in [0.5, 0.6) is 0 Å². The number of anilines is 1. The molecule has 0 radical (unpaired) electrons. The first-order chi connectivity index (χ1) is 11.2. The number of carbonyl (C=O) groups excluding carboxylic acids is 1. The summed E-state index contributed by atoms with van der Waals surface area (Å²) >= 11 is 5.89. The zero-order chi connectivity index (χ0) is 17.9. The summed E-state index contributed by atoms with van der Waals surface area (Å²) in [6, 6.07) is 0.782. The molecule has 1 amide bonds.